The van der Waals surface area contributed by atoms with Crippen molar-refractivity contribution in [3.05, 3.63) is 83.4 Å². The lowest BCUT2D eigenvalue weighted by molar-refractivity contribution is -0.125. The van der Waals surface area contributed by atoms with Crippen molar-refractivity contribution in [3.8, 4) is 6.07 Å². The smallest absolute Gasteiger partial charge is 0.239 e. The topological polar surface area (TPSA) is 82.0 Å². The maximum absolute atomic E-state index is 12.2. The molecule has 0 bridgehead atoms. The van der Waals surface area contributed by atoms with Gasteiger partial charge in [0, 0.05) is 6.54 Å². The van der Waals surface area contributed by atoms with E-state index in [0.29, 0.717) is 12.1 Å². The number of nitrogens with one attached hydrogen (secondary N) is 2. The summed E-state index contributed by atoms with van der Waals surface area (Å²) in [5.41, 5.74) is 2.31. The van der Waals surface area contributed by atoms with Crippen LogP contribution in [-0.4, -0.2) is 18.4 Å². The summed E-state index contributed by atoms with van der Waals surface area (Å²) in [7, 11) is 0. The largest absolute Gasteiger partial charge is 0.350 e. The minimum atomic E-state index is -0.274. The lowest BCUT2D eigenvalue weighted by Gasteiger charge is -2.09. The molecular weight excluding hydrogens is 338 g/mol. The highest BCUT2D eigenvalue weighted by Crippen LogP contribution is 2.18. The molecule has 0 aliphatic rings. The van der Waals surface area contributed by atoms with Crippen LogP contribution in [0.25, 0.3) is 10.8 Å². The number of amides is 2. The van der Waals surface area contributed by atoms with Crippen molar-refractivity contribution >= 4 is 22.6 Å². The van der Waals surface area contributed by atoms with E-state index in [1.165, 1.54) is 0 Å². The number of nitrogens with zero attached hydrogens (tertiary/aromatic N) is 1. The van der Waals surface area contributed by atoms with E-state index in [4.69, 9.17) is 5.26 Å². The molecule has 3 aromatic rings. The van der Waals surface area contributed by atoms with Gasteiger partial charge in [-0.3, -0.25) is 9.59 Å². The first-order valence-electron chi connectivity index (χ1n) is 8.65. The highest BCUT2D eigenvalue weighted by atomic mass is 16.2. The van der Waals surface area contributed by atoms with Gasteiger partial charge in [0.15, 0.2) is 0 Å². The van der Waals surface area contributed by atoms with Crippen molar-refractivity contribution in [2.24, 2.45) is 0 Å². The summed E-state index contributed by atoms with van der Waals surface area (Å²) in [6.07, 6.45) is 0.221. The highest BCUT2D eigenvalue weighted by molar-refractivity contribution is 5.91. The maximum atomic E-state index is 12.2. The van der Waals surface area contributed by atoms with Crippen LogP contribution in [0.4, 0.5) is 0 Å². The molecular formula is C22H19N3O2. The molecule has 0 saturated heterocycles. The molecule has 0 atom stereocenters. The molecule has 0 unspecified atom stereocenters. The number of carbonyl (C=O) groups is 2. The minimum absolute atomic E-state index is 0.0818. The third kappa shape index (κ3) is 4.93. The molecule has 3 aromatic carbocycles. The molecule has 0 spiro atoms. The van der Waals surface area contributed by atoms with Crippen LogP contribution in [0.1, 0.15) is 16.7 Å². The molecule has 2 amide bonds. The number of hydrogen-bond donors (Lipinski definition) is 2. The van der Waals surface area contributed by atoms with Gasteiger partial charge in [-0.15, -0.1) is 0 Å². The molecule has 0 radical (unpaired) electrons. The molecule has 5 nitrogen and oxygen atoms in total. The summed E-state index contributed by atoms with van der Waals surface area (Å²) in [5.74, 6) is -0.475. The fourth-order valence-corrected chi connectivity index (χ4v) is 2.87. The van der Waals surface area contributed by atoms with Crippen LogP contribution in [0.15, 0.2) is 66.7 Å². The van der Waals surface area contributed by atoms with Gasteiger partial charge in [0.1, 0.15) is 0 Å². The average Bonchev–Trinajstić information content (AvgIpc) is 2.71. The van der Waals surface area contributed by atoms with Crippen LogP contribution in [-0.2, 0) is 22.6 Å². The first-order chi connectivity index (χ1) is 13.2. The van der Waals surface area contributed by atoms with Gasteiger partial charge in [-0.25, -0.2) is 0 Å². The Bertz CT molecular complexity index is 1020. The zero-order chi connectivity index (χ0) is 19.1. The second-order valence-corrected chi connectivity index (χ2v) is 6.18. The number of nitriles is 1. The SMILES string of the molecule is N#Cc1cccc(CNC(=O)CNC(=O)Cc2cccc3ccccc23)c1. The number of hydrogen-bond acceptors (Lipinski definition) is 3. The van der Waals surface area contributed by atoms with E-state index in [9.17, 15) is 9.59 Å². The fourth-order valence-electron chi connectivity index (χ4n) is 2.87. The number of fused-ring (bicyclic) bond motifs is 1. The quantitative estimate of drug-likeness (QED) is 0.712. The van der Waals surface area contributed by atoms with Gasteiger partial charge in [-0.2, -0.15) is 5.26 Å². The zero-order valence-corrected chi connectivity index (χ0v) is 14.7. The van der Waals surface area contributed by atoms with Gasteiger partial charge in [0.25, 0.3) is 0 Å². The van der Waals surface area contributed by atoms with Crippen LogP contribution in [0.5, 0.6) is 0 Å². The Hall–Kier alpha value is -3.65. The summed E-state index contributed by atoms with van der Waals surface area (Å²) in [5, 5.41) is 16.4. The second kappa shape index (κ2) is 8.63. The molecule has 5 heteroatoms. The monoisotopic (exact) mass is 357 g/mol. The first-order valence-corrected chi connectivity index (χ1v) is 8.65. The van der Waals surface area contributed by atoms with Crippen LogP contribution < -0.4 is 10.6 Å². The van der Waals surface area contributed by atoms with Crippen LogP contribution in [0.3, 0.4) is 0 Å². The molecule has 27 heavy (non-hydrogen) atoms. The van der Waals surface area contributed by atoms with Crippen molar-refractivity contribution in [2.45, 2.75) is 13.0 Å². The van der Waals surface area contributed by atoms with E-state index in [0.717, 1.165) is 21.9 Å². The number of rotatable bonds is 6. The second-order valence-electron chi connectivity index (χ2n) is 6.18. The van der Waals surface area contributed by atoms with Crippen molar-refractivity contribution in [1.82, 2.24) is 10.6 Å². The van der Waals surface area contributed by atoms with E-state index in [1.807, 2.05) is 48.5 Å². The minimum Gasteiger partial charge on any atom is -0.350 e. The van der Waals surface area contributed by atoms with Gasteiger partial charge < -0.3 is 10.6 Å². The Morgan fingerprint density at radius 1 is 0.889 bits per heavy atom. The van der Waals surface area contributed by atoms with Crippen molar-refractivity contribution in [3.63, 3.8) is 0 Å². The van der Waals surface area contributed by atoms with Crippen molar-refractivity contribution in [2.75, 3.05) is 6.54 Å². The van der Waals surface area contributed by atoms with Gasteiger partial charge in [0.05, 0.1) is 24.6 Å². The standard InChI is InChI=1S/C22H19N3O2/c23-13-16-5-3-6-17(11-16)14-24-22(27)15-25-21(26)12-19-9-4-8-18-7-1-2-10-20(18)19/h1-11H,12,14-15H2,(H,24,27)(H,25,26). The Morgan fingerprint density at radius 2 is 1.67 bits per heavy atom. The number of benzene rings is 3. The van der Waals surface area contributed by atoms with E-state index in [2.05, 4.69) is 16.7 Å². The maximum Gasteiger partial charge on any atom is 0.239 e. The van der Waals surface area contributed by atoms with Crippen molar-refractivity contribution in [1.29, 1.82) is 5.26 Å². The molecule has 0 aliphatic carbocycles. The Morgan fingerprint density at radius 3 is 2.52 bits per heavy atom. The van der Waals surface area contributed by atoms with E-state index < -0.39 is 0 Å². The third-order valence-corrected chi connectivity index (χ3v) is 4.22. The predicted molar refractivity (Wildman–Crippen MR) is 104 cm³/mol. The predicted octanol–water partition coefficient (Wildman–Crippen LogP) is 2.69. The van der Waals surface area contributed by atoms with Gasteiger partial charge in [0.2, 0.25) is 11.8 Å². The van der Waals surface area contributed by atoms with E-state index >= 15 is 0 Å². The molecule has 0 fully saturated rings. The molecule has 2 N–H and O–H groups in total. The van der Waals surface area contributed by atoms with Crippen molar-refractivity contribution < 1.29 is 9.59 Å². The summed E-state index contributed by atoms with van der Waals surface area (Å²) >= 11 is 0. The summed E-state index contributed by atoms with van der Waals surface area (Å²) in [6.45, 7) is 0.231. The van der Waals surface area contributed by atoms with E-state index in [1.54, 1.807) is 18.2 Å². The first kappa shape index (κ1) is 18.2. The molecule has 0 aromatic heterocycles. The highest BCUT2D eigenvalue weighted by Gasteiger charge is 2.09. The molecule has 134 valence electrons. The molecule has 0 heterocycles. The Balaban J connectivity index is 1.50. The lowest BCUT2D eigenvalue weighted by atomic mass is 10.0. The molecule has 0 saturated carbocycles. The Labute approximate surface area is 157 Å². The van der Waals surface area contributed by atoms with E-state index in [-0.39, 0.29) is 24.8 Å². The summed E-state index contributed by atoms with van der Waals surface area (Å²) in [6, 6.07) is 22.8. The molecule has 0 aliphatic heterocycles. The summed E-state index contributed by atoms with van der Waals surface area (Å²) < 4.78 is 0. The third-order valence-electron chi connectivity index (χ3n) is 4.22. The zero-order valence-electron chi connectivity index (χ0n) is 14.7. The Kier molecular flexibility index (Phi) is 5.80. The number of carbonyl (C=O) groups excluding carboxylic acids is 2. The fraction of sp³-hybridized carbons (Fsp3) is 0.136. The average molecular weight is 357 g/mol. The normalized spacial score (nSPS) is 10.2. The summed E-state index contributed by atoms with van der Waals surface area (Å²) in [4.78, 5) is 24.1. The van der Waals surface area contributed by atoms with Gasteiger partial charge in [-0.05, 0) is 34.0 Å². The van der Waals surface area contributed by atoms with Gasteiger partial charge in [-0.1, -0.05) is 54.6 Å². The lowest BCUT2D eigenvalue weighted by Crippen LogP contribution is -2.37. The van der Waals surface area contributed by atoms with Crippen LogP contribution in [0.2, 0.25) is 0 Å². The van der Waals surface area contributed by atoms with Crippen LogP contribution in [0, 0.1) is 11.3 Å². The van der Waals surface area contributed by atoms with Gasteiger partial charge >= 0.3 is 0 Å². The molecule has 3 rings (SSSR count). The van der Waals surface area contributed by atoms with Crippen LogP contribution >= 0.6 is 0 Å².